The summed E-state index contributed by atoms with van der Waals surface area (Å²) in [5, 5.41) is 4.18. The Balaban J connectivity index is 1.72. The Bertz CT molecular complexity index is 1010. The summed E-state index contributed by atoms with van der Waals surface area (Å²) in [4.78, 5) is 27.6. The van der Waals surface area contributed by atoms with Crippen LogP contribution in [0.25, 0.3) is 0 Å². The summed E-state index contributed by atoms with van der Waals surface area (Å²) >= 11 is 11.9. The van der Waals surface area contributed by atoms with Gasteiger partial charge in [-0.05, 0) is 47.9 Å². The molecule has 3 rings (SSSR count). The lowest BCUT2D eigenvalue weighted by Crippen LogP contribution is -2.47. The Morgan fingerprint density at radius 1 is 0.806 bits per heavy atom. The van der Waals surface area contributed by atoms with E-state index >= 15 is 0 Å². The number of nitrogens with one attached hydrogen (secondary N) is 1. The highest BCUT2D eigenvalue weighted by molar-refractivity contribution is 6.30. The Morgan fingerprint density at radius 2 is 1.35 bits per heavy atom. The van der Waals surface area contributed by atoms with Crippen molar-refractivity contribution in [3.8, 4) is 0 Å². The molecule has 0 heterocycles. The summed E-state index contributed by atoms with van der Waals surface area (Å²) in [5.74, 6) is -0.337. The van der Waals surface area contributed by atoms with Crippen LogP contribution in [0.3, 0.4) is 0 Å². The van der Waals surface area contributed by atoms with Crippen molar-refractivity contribution >= 4 is 35.0 Å². The molecular weight excluding hydrogens is 431 g/mol. The number of amides is 2. The molecule has 0 fully saturated rings. The molecular formula is C25H24Cl2N2O2. The van der Waals surface area contributed by atoms with Crippen molar-refractivity contribution in [1.29, 1.82) is 0 Å². The quantitative estimate of drug-likeness (QED) is 0.503. The molecule has 1 atom stereocenters. The number of carbonyl (C=O) groups excluding carboxylic acids is 2. The smallest absolute Gasteiger partial charge is 0.242 e. The van der Waals surface area contributed by atoms with E-state index in [9.17, 15) is 9.59 Å². The van der Waals surface area contributed by atoms with Gasteiger partial charge in [0.05, 0.1) is 6.42 Å². The van der Waals surface area contributed by atoms with Gasteiger partial charge in [-0.25, -0.2) is 0 Å². The van der Waals surface area contributed by atoms with E-state index in [2.05, 4.69) is 5.32 Å². The van der Waals surface area contributed by atoms with Crippen molar-refractivity contribution in [2.24, 2.45) is 0 Å². The van der Waals surface area contributed by atoms with Gasteiger partial charge in [0.1, 0.15) is 6.04 Å². The predicted octanol–water partition coefficient (Wildman–Crippen LogP) is 5.27. The third-order valence-electron chi connectivity index (χ3n) is 5.01. The van der Waals surface area contributed by atoms with Crippen molar-refractivity contribution < 1.29 is 9.59 Å². The van der Waals surface area contributed by atoms with Crippen LogP contribution in [0.4, 0.5) is 0 Å². The maximum absolute atomic E-state index is 13.2. The van der Waals surface area contributed by atoms with Gasteiger partial charge in [0.2, 0.25) is 11.8 Å². The molecule has 0 unspecified atom stereocenters. The van der Waals surface area contributed by atoms with Gasteiger partial charge >= 0.3 is 0 Å². The van der Waals surface area contributed by atoms with Crippen LogP contribution in [0.1, 0.15) is 23.6 Å². The van der Waals surface area contributed by atoms with Crippen LogP contribution in [-0.4, -0.2) is 22.8 Å². The molecule has 0 spiro atoms. The first-order chi connectivity index (χ1) is 14.9. The summed E-state index contributed by atoms with van der Waals surface area (Å²) in [5.41, 5.74) is 2.75. The molecule has 31 heavy (non-hydrogen) atoms. The molecule has 0 bridgehead atoms. The monoisotopic (exact) mass is 454 g/mol. The van der Waals surface area contributed by atoms with Gasteiger partial charge in [-0.3, -0.25) is 9.59 Å². The van der Waals surface area contributed by atoms with Gasteiger partial charge in [-0.2, -0.15) is 0 Å². The second kappa shape index (κ2) is 11.0. The lowest BCUT2D eigenvalue weighted by molar-refractivity contribution is -0.140. The van der Waals surface area contributed by atoms with E-state index in [0.717, 1.165) is 16.7 Å². The van der Waals surface area contributed by atoms with E-state index in [4.69, 9.17) is 23.2 Å². The van der Waals surface area contributed by atoms with Crippen LogP contribution >= 0.6 is 23.2 Å². The zero-order chi connectivity index (χ0) is 22.2. The number of hydrogen-bond acceptors (Lipinski definition) is 2. The third-order valence-corrected chi connectivity index (χ3v) is 5.52. The van der Waals surface area contributed by atoms with E-state index in [0.29, 0.717) is 23.1 Å². The molecule has 3 aromatic carbocycles. The number of benzene rings is 3. The minimum absolute atomic E-state index is 0.125. The van der Waals surface area contributed by atoms with Crippen molar-refractivity contribution in [2.45, 2.75) is 32.5 Å². The first-order valence-electron chi connectivity index (χ1n) is 10.0. The Labute approximate surface area is 192 Å². The van der Waals surface area contributed by atoms with E-state index in [1.807, 2.05) is 54.6 Å². The molecule has 0 radical (unpaired) electrons. The van der Waals surface area contributed by atoms with Gasteiger partial charge in [0, 0.05) is 23.1 Å². The molecule has 4 nitrogen and oxygen atoms in total. The lowest BCUT2D eigenvalue weighted by Gasteiger charge is -2.29. The minimum Gasteiger partial charge on any atom is -0.350 e. The highest BCUT2D eigenvalue weighted by atomic mass is 35.5. The second-order valence-electron chi connectivity index (χ2n) is 7.33. The first-order valence-corrected chi connectivity index (χ1v) is 10.8. The van der Waals surface area contributed by atoms with Gasteiger partial charge in [0.15, 0.2) is 0 Å². The normalized spacial score (nSPS) is 11.6. The maximum Gasteiger partial charge on any atom is 0.242 e. The highest BCUT2D eigenvalue weighted by Gasteiger charge is 2.26. The van der Waals surface area contributed by atoms with Crippen molar-refractivity contribution in [1.82, 2.24) is 10.2 Å². The molecule has 1 N–H and O–H groups in total. The molecule has 2 amide bonds. The number of hydrogen-bond donors (Lipinski definition) is 1. The second-order valence-corrected chi connectivity index (χ2v) is 8.20. The van der Waals surface area contributed by atoms with Crippen LogP contribution in [0.5, 0.6) is 0 Å². The molecule has 0 aromatic heterocycles. The van der Waals surface area contributed by atoms with E-state index in [1.54, 1.807) is 36.1 Å². The van der Waals surface area contributed by atoms with Gasteiger partial charge < -0.3 is 10.2 Å². The number of carbonyl (C=O) groups is 2. The summed E-state index contributed by atoms with van der Waals surface area (Å²) in [6.07, 6.45) is 0.193. The van der Waals surface area contributed by atoms with E-state index in [1.165, 1.54) is 0 Å². The first kappa shape index (κ1) is 22.9. The molecule has 0 saturated heterocycles. The molecule has 0 aliphatic rings. The Morgan fingerprint density at radius 3 is 1.94 bits per heavy atom. The van der Waals surface area contributed by atoms with Crippen LogP contribution in [0, 0.1) is 0 Å². The largest absolute Gasteiger partial charge is 0.350 e. The fourth-order valence-electron chi connectivity index (χ4n) is 3.18. The van der Waals surface area contributed by atoms with Gasteiger partial charge in [-0.15, -0.1) is 0 Å². The van der Waals surface area contributed by atoms with Crippen molar-refractivity contribution in [2.75, 3.05) is 0 Å². The highest BCUT2D eigenvalue weighted by Crippen LogP contribution is 2.15. The zero-order valence-corrected chi connectivity index (χ0v) is 18.7. The molecule has 160 valence electrons. The summed E-state index contributed by atoms with van der Waals surface area (Å²) in [6.45, 7) is 2.47. The van der Waals surface area contributed by atoms with Gasteiger partial charge in [0.25, 0.3) is 0 Å². The van der Waals surface area contributed by atoms with Crippen LogP contribution in [0.2, 0.25) is 10.0 Å². The number of halogens is 2. The average Bonchev–Trinajstić information content (AvgIpc) is 2.78. The molecule has 0 saturated carbocycles. The molecule has 0 aliphatic carbocycles. The van der Waals surface area contributed by atoms with E-state index < -0.39 is 6.04 Å². The van der Waals surface area contributed by atoms with Crippen LogP contribution in [0.15, 0.2) is 78.9 Å². The standard InChI is InChI=1S/C25H24Cl2N2O2/c1-18(25(31)28-16-20-9-13-23(27)14-10-20)29(17-21-5-3-2-4-6-21)24(30)15-19-7-11-22(26)12-8-19/h2-14,18H,15-17H2,1H3,(H,28,31)/t18-/m1/s1. The van der Waals surface area contributed by atoms with E-state index in [-0.39, 0.29) is 18.2 Å². The molecule has 0 aliphatic heterocycles. The summed E-state index contributed by atoms with van der Waals surface area (Å²) < 4.78 is 0. The summed E-state index contributed by atoms with van der Waals surface area (Å²) in [6, 6.07) is 23.5. The predicted molar refractivity (Wildman–Crippen MR) is 125 cm³/mol. The molecule has 3 aromatic rings. The van der Waals surface area contributed by atoms with Crippen LogP contribution in [-0.2, 0) is 29.1 Å². The number of rotatable bonds is 8. The lowest BCUT2D eigenvalue weighted by atomic mass is 10.1. The van der Waals surface area contributed by atoms with Gasteiger partial charge in [-0.1, -0.05) is 77.8 Å². The van der Waals surface area contributed by atoms with Crippen molar-refractivity contribution in [3.63, 3.8) is 0 Å². The average molecular weight is 455 g/mol. The topological polar surface area (TPSA) is 49.4 Å². The Kier molecular flexibility index (Phi) is 8.10. The zero-order valence-electron chi connectivity index (χ0n) is 17.2. The fraction of sp³-hybridized carbons (Fsp3) is 0.200. The minimum atomic E-state index is -0.632. The van der Waals surface area contributed by atoms with Crippen molar-refractivity contribution in [3.05, 3.63) is 106 Å². The molecule has 6 heteroatoms. The fourth-order valence-corrected chi connectivity index (χ4v) is 3.43. The Hall–Kier alpha value is -2.82. The number of nitrogens with zero attached hydrogens (tertiary/aromatic N) is 1. The maximum atomic E-state index is 13.2. The van der Waals surface area contributed by atoms with Crippen LogP contribution < -0.4 is 5.32 Å². The third kappa shape index (κ3) is 6.84. The SMILES string of the molecule is C[C@H](C(=O)NCc1ccc(Cl)cc1)N(Cc1ccccc1)C(=O)Cc1ccc(Cl)cc1. The summed E-state index contributed by atoms with van der Waals surface area (Å²) in [7, 11) is 0.